The Morgan fingerprint density at radius 1 is 1.03 bits per heavy atom. The molecule has 1 saturated heterocycles. The zero-order valence-electron chi connectivity index (χ0n) is 17.4. The van der Waals surface area contributed by atoms with E-state index in [0.717, 1.165) is 44.1 Å². The molecule has 30 heavy (non-hydrogen) atoms. The third-order valence-corrected chi connectivity index (χ3v) is 7.52. The van der Waals surface area contributed by atoms with Crippen LogP contribution in [0.3, 0.4) is 0 Å². The lowest BCUT2D eigenvalue weighted by Crippen LogP contribution is -2.53. The normalized spacial score (nSPS) is 21.6. The van der Waals surface area contributed by atoms with E-state index in [4.69, 9.17) is 4.74 Å². The van der Waals surface area contributed by atoms with Gasteiger partial charge in [-0.15, -0.1) is 0 Å². The minimum atomic E-state index is -3.77. The van der Waals surface area contributed by atoms with Gasteiger partial charge in [-0.05, 0) is 38.3 Å². The first-order chi connectivity index (χ1) is 14.4. The smallest absolute Gasteiger partial charge is 0.309 e. The molecule has 3 rings (SSSR count). The van der Waals surface area contributed by atoms with Crippen molar-refractivity contribution in [3.05, 3.63) is 29.8 Å². The molecule has 0 aromatic heterocycles. The van der Waals surface area contributed by atoms with Crippen LogP contribution in [0.1, 0.15) is 50.5 Å². The molecule has 1 atom stereocenters. The number of benzene rings is 1. The van der Waals surface area contributed by atoms with Crippen LogP contribution in [0.15, 0.2) is 29.2 Å². The Morgan fingerprint density at radius 2 is 1.70 bits per heavy atom. The molecule has 2 N–H and O–H groups in total. The molecule has 1 aromatic rings. The lowest BCUT2D eigenvalue weighted by atomic mass is 10.1. The Bertz CT molecular complexity index is 833. The topological polar surface area (TPSA) is 105 Å². The highest BCUT2D eigenvalue weighted by molar-refractivity contribution is 7.89. The standard InChI is InChI=1S/C21H31N3O5S/c1-16-9-11-18(12-10-16)30(27,28)24-13-6-14-29-19(24)15-22-20(25)21(26)23-17-7-4-2-3-5-8-17/h9-12,17,19H,2-8,13-15H2,1H3,(H,22,25)(H,23,26). The lowest BCUT2D eigenvalue weighted by molar-refractivity contribution is -0.140. The fraction of sp³-hybridized carbons (Fsp3) is 0.619. The molecule has 1 aromatic carbocycles. The minimum absolute atomic E-state index is 0.0232. The Hall–Kier alpha value is -1.97. The highest BCUT2D eigenvalue weighted by Gasteiger charge is 2.35. The number of nitrogens with zero attached hydrogens (tertiary/aromatic N) is 1. The summed E-state index contributed by atoms with van der Waals surface area (Å²) in [4.78, 5) is 24.7. The van der Waals surface area contributed by atoms with E-state index in [1.54, 1.807) is 24.3 Å². The molecule has 1 aliphatic carbocycles. The van der Waals surface area contributed by atoms with Gasteiger partial charge in [0.15, 0.2) is 0 Å². The third-order valence-electron chi connectivity index (χ3n) is 5.62. The van der Waals surface area contributed by atoms with Gasteiger partial charge in [0.1, 0.15) is 6.23 Å². The van der Waals surface area contributed by atoms with E-state index in [1.807, 2.05) is 6.92 Å². The van der Waals surface area contributed by atoms with Crippen LogP contribution in [0.4, 0.5) is 0 Å². The van der Waals surface area contributed by atoms with Gasteiger partial charge < -0.3 is 15.4 Å². The molecule has 1 unspecified atom stereocenters. The molecule has 2 fully saturated rings. The number of ether oxygens (including phenoxy) is 1. The SMILES string of the molecule is Cc1ccc(S(=O)(=O)N2CCCOC2CNC(=O)C(=O)NC2CCCCCC2)cc1. The highest BCUT2D eigenvalue weighted by atomic mass is 32.2. The summed E-state index contributed by atoms with van der Waals surface area (Å²) < 4.78 is 32.9. The van der Waals surface area contributed by atoms with Crippen LogP contribution in [0.2, 0.25) is 0 Å². The van der Waals surface area contributed by atoms with Gasteiger partial charge in [0.2, 0.25) is 10.0 Å². The fourth-order valence-electron chi connectivity index (χ4n) is 3.88. The Kier molecular flexibility index (Phi) is 7.85. The van der Waals surface area contributed by atoms with E-state index in [9.17, 15) is 18.0 Å². The second kappa shape index (κ2) is 10.4. The molecule has 1 aliphatic heterocycles. The predicted molar refractivity (Wildman–Crippen MR) is 112 cm³/mol. The number of carbonyl (C=O) groups excluding carboxylic acids is 2. The molecule has 1 heterocycles. The van der Waals surface area contributed by atoms with Crippen LogP contribution in [-0.4, -0.2) is 56.5 Å². The summed E-state index contributed by atoms with van der Waals surface area (Å²) in [5.74, 6) is -1.44. The second-order valence-corrected chi connectivity index (χ2v) is 9.87. The van der Waals surface area contributed by atoms with E-state index < -0.39 is 28.1 Å². The summed E-state index contributed by atoms with van der Waals surface area (Å²) in [5.41, 5.74) is 0.965. The first kappa shape index (κ1) is 22.7. The summed E-state index contributed by atoms with van der Waals surface area (Å²) >= 11 is 0. The molecule has 9 heteroatoms. The monoisotopic (exact) mass is 437 g/mol. The second-order valence-electron chi connectivity index (χ2n) is 7.98. The lowest BCUT2D eigenvalue weighted by Gasteiger charge is -2.34. The average Bonchev–Trinajstić information content (AvgIpc) is 3.01. The number of nitrogens with one attached hydrogen (secondary N) is 2. The number of sulfonamides is 1. The molecule has 1 saturated carbocycles. The molecule has 0 spiro atoms. The van der Waals surface area contributed by atoms with Crippen LogP contribution < -0.4 is 10.6 Å². The maximum Gasteiger partial charge on any atom is 0.309 e. The number of rotatable bonds is 5. The Morgan fingerprint density at radius 3 is 2.37 bits per heavy atom. The fourth-order valence-corrected chi connectivity index (χ4v) is 5.45. The van der Waals surface area contributed by atoms with Gasteiger partial charge in [-0.3, -0.25) is 9.59 Å². The van der Waals surface area contributed by atoms with Crippen molar-refractivity contribution in [2.24, 2.45) is 0 Å². The number of amides is 2. The van der Waals surface area contributed by atoms with Gasteiger partial charge in [0, 0.05) is 12.6 Å². The van der Waals surface area contributed by atoms with E-state index in [0.29, 0.717) is 19.6 Å². The number of aryl methyl sites for hydroxylation is 1. The number of carbonyl (C=O) groups is 2. The Balaban J connectivity index is 1.59. The van der Waals surface area contributed by atoms with E-state index in [-0.39, 0.29) is 17.5 Å². The van der Waals surface area contributed by atoms with Gasteiger partial charge in [-0.1, -0.05) is 43.4 Å². The van der Waals surface area contributed by atoms with Gasteiger partial charge >= 0.3 is 11.8 Å². The zero-order valence-corrected chi connectivity index (χ0v) is 18.2. The van der Waals surface area contributed by atoms with Crippen molar-refractivity contribution in [1.29, 1.82) is 0 Å². The van der Waals surface area contributed by atoms with Crippen LogP contribution in [0.5, 0.6) is 0 Å². The molecule has 2 amide bonds. The van der Waals surface area contributed by atoms with E-state index in [1.165, 1.54) is 4.31 Å². The molecule has 2 aliphatic rings. The summed E-state index contributed by atoms with van der Waals surface area (Å²) in [6.07, 6.45) is 5.90. The first-order valence-electron chi connectivity index (χ1n) is 10.7. The van der Waals surface area contributed by atoms with Crippen molar-refractivity contribution < 1.29 is 22.7 Å². The zero-order chi connectivity index (χ0) is 21.6. The molecule has 0 radical (unpaired) electrons. The molecule has 8 nitrogen and oxygen atoms in total. The highest BCUT2D eigenvalue weighted by Crippen LogP contribution is 2.22. The average molecular weight is 438 g/mol. The molecule has 0 bridgehead atoms. The maximum atomic E-state index is 13.0. The van der Waals surface area contributed by atoms with Gasteiger partial charge in [0.05, 0.1) is 18.0 Å². The quantitative estimate of drug-likeness (QED) is 0.539. The van der Waals surface area contributed by atoms with Gasteiger partial charge in [-0.25, -0.2) is 8.42 Å². The maximum absolute atomic E-state index is 13.0. The van der Waals surface area contributed by atoms with Crippen LogP contribution in [0, 0.1) is 6.92 Å². The summed E-state index contributed by atoms with van der Waals surface area (Å²) in [5, 5.41) is 5.33. The number of hydrogen-bond acceptors (Lipinski definition) is 5. The Labute approximate surface area is 178 Å². The van der Waals surface area contributed by atoms with Crippen molar-refractivity contribution in [3.8, 4) is 0 Å². The van der Waals surface area contributed by atoms with Crippen molar-refractivity contribution in [2.75, 3.05) is 19.7 Å². The van der Waals surface area contributed by atoms with Crippen molar-refractivity contribution in [2.45, 2.75) is 69.0 Å². The largest absolute Gasteiger partial charge is 0.360 e. The summed E-state index contributed by atoms with van der Waals surface area (Å²) in [7, 11) is -3.77. The first-order valence-corrected chi connectivity index (χ1v) is 12.1. The van der Waals surface area contributed by atoms with Crippen molar-refractivity contribution in [3.63, 3.8) is 0 Å². The van der Waals surface area contributed by atoms with Crippen LogP contribution in [-0.2, 0) is 24.3 Å². The molecular weight excluding hydrogens is 406 g/mol. The summed E-state index contributed by atoms with van der Waals surface area (Å²) in [6.45, 7) is 2.50. The van der Waals surface area contributed by atoms with Crippen LogP contribution >= 0.6 is 0 Å². The van der Waals surface area contributed by atoms with E-state index in [2.05, 4.69) is 10.6 Å². The molecular formula is C21H31N3O5S. The molecule has 166 valence electrons. The van der Waals surface area contributed by atoms with Crippen molar-refractivity contribution in [1.82, 2.24) is 14.9 Å². The third kappa shape index (κ3) is 5.80. The minimum Gasteiger partial charge on any atom is -0.360 e. The predicted octanol–water partition coefficient (Wildman–Crippen LogP) is 1.69. The number of hydrogen-bond donors (Lipinski definition) is 2. The van der Waals surface area contributed by atoms with Gasteiger partial charge in [-0.2, -0.15) is 4.31 Å². The van der Waals surface area contributed by atoms with Crippen molar-refractivity contribution >= 4 is 21.8 Å². The van der Waals surface area contributed by atoms with E-state index >= 15 is 0 Å². The summed E-state index contributed by atoms with van der Waals surface area (Å²) in [6, 6.07) is 6.64. The van der Waals surface area contributed by atoms with Crippen LogP contribution in [0.25, 0.3) is 0 Å². The van der Waals surface area contributed by atoms with Gasteiger partial charge in [0.25, 0.3) is 0 Å².